The first-order chi connectivity index (χ1) is 10.6. The minimum atomic E-state index is 0.628. The average Bonchev–Trinajstić information content (AvgIpc) is 3.01. The van der Waals surface area contributed by atoms with E-state index in [4.69, 9.17) is 0 Å². The Balaban J connectivity index is 1.70. The topological polar surface area (TPSA) is 49.6 Å². The van der Waals surface area contributed by atoms with Gasteiger partial charge in [0.15, 0.2) is 0 Å². The van der Waals surface area contributed by atoms with Gasteiger partial charge in [0, 0.05) is 43.0 Å². The summed E-state index contributed by atoms with van der Waals surface area (Å²) in [4.78, 5) is 13.9. The normalized spacial score (nSPS) is 26.1. The Kier molecular flexibility index (Phi) is 3.29. The molecule has 0 N–H and O–H groups in total. The van der Waals surface area contributed by atoms with Crippen LogP contribution in [0, 0.1) is 6.92 Å². The van der Waals surface area contributed by atoms with Crippen LogP contribution in [0.3, 0.4) is 0 Å². The van der Waals surface area contributed by atoms with Crippen molar-refractivity contribution in [3.05, 3.63) is 18.1 Å². The van der Waals surface area contributed by atoms with Gasteiger partial charge in [0.05, 0.1) is 0 Å². The third-order valence-corrected chi connectivity index (χ3v) is 5.12. The number of anilines is 1. The van der Waals surface area contributed by atoms with Crippen LogP contribution in [0.5, 0.6) is 0 Å². The van der Waals surface area contributed by atoms with Crippen LogP contribution in [0.25, 0.3) is 5.78 Å². The molecule has 22 heavy (non-hydrogen) atoms. The molecule has 2 atom stereocenters. The second-order valence-electron chi connectivity index (χ2n) is 6.89. The quantitative estimate of drug-likeness (QED) is 0.847. The summed E-state index contributed by atoms with van der Waals surface area (Å²) in [5, 5.41) is 4.37. The predicted molar refractivity (Wildman–Crippen MR) is 86.1 cm³/mol. The highest BCUT2D eigenvalue weighted by Crippen LogP contribution is 2.33. The number of aryl methyl sites for hydroxylation is 1. The number of hydrogen-bond donors (Lipinski definition) is 0. The van der Waals surface area contributed by atoms with Crippen molar-refractivity contribution < 1.29 is 0 Å². The third-order valence-electron chi connectivity index (χ3n) is 5.12. The molecule has 0 radical (unpaired) electrons. The van der Waals surface area contributed by atoms with E-state index in [0.29, 0.717) is 17.9 Å². The molecule has 0 spiro atoms. The van der Waals surface area contributed by atoms with Gasteiger partial charge in [-0.1, -0.05) is 0 Å². The first kappa shape index (κ1) is 13.9. The van der Waals surface area contributed by atoms with Gasteiger partial charge in [-0.3, -0.25) is 4.90 Å². The number of fused-ring (bicyclic) bond motifs is 3. The maximum absolute atomic E-state index is 4.46. The molecule has 2 aromatic heterocycles. The lowest BCUT2D eigenvalue weighted by Crippen LogP contribution is -2.43. The first-order valence-corrected chi connectivity index (χ1v) is 8.33. The average molecular weight is 300 g/mol. The van der Waals surface area contributed by atoms with Crippen molar-refractivity contribution in [3.8, 4) is 0 Å². The molecule has 2 aromatic rings. The Morgan fingerprint density at radius 3 is 2.82 bits per heavy atom. The van der Waals surface area contributed by atoms with Gasteiger partial charge in [-0.2, -0.15) is 14.6 Å². The van der Waals surface area contributed by atoms with Crippen molar-refractivity contribution in [3.63, 3.8) is 0 Å². The van der Waals surface area contributed by atoms with Crippen molar-refractivity contribution in [2.75, 3.05) is 18.0 Å². The Bertz CT molecular complexity index is 678. The summed E-state index contributed by atoms with van der Waals surface area (Å²) in [6.07, 6.45) is 5.48. The van der Waals surface area contributed by atoms with Crippen LogP contribution in [0.1, 0.15) is 38.8 Å². The van der Waals surface area contributed by atoms with Gasteiger partial charge in [-0.15, -0.1) is 0 Å². The zero-order chi connectivity index (χ0) is 15.3. The van der Waals surface area contributed by atoms with Gasteiger partial charge in [-0.25, -0.2) is 4.98 Å². The zero-order valence-electron chi connectivity index (χ0n) is 13.6. The molecule has 2 unspecified atom stereocenters. The highest BCUT2D eigenvalue weighted by atomic mass is 15.4. The fourth-order valence-electron chi connectivity index (χ4n) is 4.30. The van der Waals surface area contributed by atoms with E-state index in [0.717, 1.165) is 30.6 Å². The number of nitrogens with zero attached hydrogens (tertiary/aromatic N) is 6. The molecular formula is C16H24N6. The molecule has 118 valence electrons. The van der Waals surface area contributed by atoms with Crippen LogP contribution in [-0.2, 0) is 0 Å². The smallest absolute Gasteiger partial charge is 0.254 e. The second kappa shape index (κ2) is 5.19. The fourth-order valence-corrected chi connectivity index (χ4v) is 4.30. The first-order valence-electron chi connectivity index (χ1n) is 8.33. The Morgan fingerprint density at radius 2 is 2.00 bits per heavy atom. The molecule has 0 saturated carbocycles. The fraction of sp³-hybridized carbons (Fsp3) is 0.688. The van der Waals surface area contributed by atoms with Gasteiger partial charge in [0.2, 0.25) is 0 Å². The molecule has 4 heterocycles. The lowest BCUT2D eigenvalue weighted by molar-refractivity contribution is 0.158. The minimum absolute atomic E-state index is 0.628. The van der Waals surface area contributed by atoms with Crippen LogP contribution in [0.15, 0.2) is 12.4 Å². The molecule has 0 aromatic carbocycles. The van der Waals surface area contributed by atoms with E-state index in [9.17, 15) is 0 Å². The second-order valence-corrected chi connectivity index (χ2v) is 6.89. The van der Waals surface area contributed by atoms with Gasteiger partial charge in [-0.05, 0) is 40.0 Å². The number of aromatic nitrogens is 4. The van der Waals surface area contributed by atoms with Crippen molar-refractivity contribution in [1.82, 2.24) is 24.5 Å². The molecule has 4 rings (SSSR count). The molecule has 6 nitrogen and oxygen atoms in total. The van der Waals surface area contributed by atoms with Crippen molar-refractivity contribution >= 4 is 11.6 Å². The van der Waals surface area contributed by atoms with E-state index in [1.807, 2.05) is 11.4 Å². The summed E-state index contributed by atoms with van der Waals surface area (Å²) in [6, 6.07) is 4.16. The van der Waals surface area contributed by atoms with Crippen LogP contribution in [0.4, 0.5) is 5.82 Å². The Morgan fingerprint density at radius 1 is 1.18 bits per heavy atom. The van der Waals surface area contributed by atoms with Gasteiger partial charge in [0.25, 0.3) is 5.78 Å². The van der Waals surface area contributed by atoms with Gasteiger partial charge >= 0.3 is 0 Å². The highest BCUT2D eigenvalue weighted by molar-refractivity contribution is 5.47. The molecular weight excluding hydrogens is 276 g/mol. The van der Waals surface area contributed by atoms with E-state index in [1.54, 1.807) is 6.33 Å². The summed E-state index contributed by atoms with van der Waals surface area (Å²) in [5.74, 6) is 1.83. The molecule has 2 aliphatic rings. The molecule has 2 fully saturated rings. The van der Waals surface area contributed by atoms with Gasteiger partial charge < -0.3 is 4.90 Å². The highest BCUT2D eigenvalue weighted by Gasteiger charge is 2.38. The summed E-state index contributed by atoms with van der Waals surface area (Å²) in [5.41, 5.74) is 1.01. The Labute approximate surface area is 131 Å². The van der Waals surface area contributed by atoms with E-state index in [1.165, 1.54) is 19.3 Å². The van der Waals surface area contributed by atoms with Crippen LogP contribution in [-0.4, -0.2) is 55.7 Å². The van der Waals surface area contributed by atoms with Gasteiger partial charge in [0.1, 0.15) is 12.1 Å². The van der Waals surface area contributed by atoms with Crippen molar-refractivity contribution in [2.45, 2.75) is 58.2 Å². The minimum Gasteiger partial charge on any atom is -0.355 e. The van der Waals surface area contributed by atoms with E-state index < -0.39 is 0 Å². The number of hydrogen-bond acceptors (Lipinski definition) is 5. The summed E-state index contributed by atoms with van der Waals surface area (Å²) >= 11 is 0. The summed E-state index contributed by atoms with van der Waals surface area (Å²) in [7, 11) is 0. The summed E-state index contributed by atoms with van der Waals surface area (Å²) in [6.45, 7) is 8.85. The predicted octanol–water partition coefficient (Wildman–Crippen LogP) is 1.88. The van der Waals surface area contributed by atoms with Crippen LogP contribution >= 0.6 is 0 Å². The lowest BCUT2D eigenvalue weighted by Gasteiger charge is -2.32. The zero-order valence-corrected chi connectivity index (χ0v) is 13.6. The van der Waals surface area contributed by atoms with Crippen molar-refractivity contribution in [1.29, 1.82) is 0 Å². The molecule has 2 saturated heterocycles. The monoisotopic (exact) mass is 300 g/mol. The van der Waals surface area contributed by atoms with Crippen LogP contribution in [0.2, 0.25) is 0 Å². The third kappa shape index (κ3) is 2.17. The molecule has 2 aliphatic heterocycles. The molecule has 2 bridgehead atoms. The van der Waals surface area contributed by atoms with Crippen molar-refractivity contribution in [2.24, 2.45) is 0 Å². The molecule has 0 aliphatic carbocycles. The lowest BCUT2D eigenvalue weighted by atomic mass is 10.1. The van der Waals surface area contributed by atoms with E-state index in [2.05, 4.69) is 44.8 Å². The summed E-state index contributed by atoms with van der Waals surface area (Å²) < 4.78 is 1.88. The van der Waals surface area contributed by atoms with E-state index in [-0.39, 0.29) is 0 Å². The number of rotatable bonds is 2. The largest absolute Gasteiger partial charge is 0.355 e. The maximum atomic E-state index is 4.46. The molecule has 6 heteroatoms. The Hall–Kier alpha value is -1.69. The molecule has 0 amide bonds. The standard InChI is InChI=1S/C16H24N6/c1-11(2)21-13-4-5-14(21)9-20(7-6-13)15-8-12(3)19-16-17-10-18-22(15)16/h8,10-11,13-14H,4-7,9H2,1-3H3. The van der Waals surface area contributed by atoms with E-state index >= 15 is 0 Å². The maximum Gasteiger partial charge on any atom is 0.254 e. The SMILES string of the molecule is Cc1cc(N2CCC3CCC(C2)N3C(C)C)n2ncnc2n1. The van der Waals surface area contributed by atoms with Crippen LogP contribution < -0.4 is 4.90 Å².